The normalized spacial score (nSPS) is 20.0. The summed E-state index contributed by atoms with van der Waals surface area (Å²) in [7, 11) is -10.7. The van der Waals surface area contributed by atoms with Crippen molar-refractivity contribution >= 4 is 32.5 Å². The molecule has 3 heterocycles. The van der Waals surface area contributed by atoms with Gasteiger partial charge in [-0.25, -0.2) is 18.5 Å². The molecule has 36 heavy (non-hydrogen) atoms. The van der Waals surface area contributed by atoms with E-state index in [0.717, 1.165) is 22.4 Å². The Bertz CT molecular complexity index is 1570. The molecular formula is C18H19N3O13P2. The fourth-order valence-electron chi connectivity index (χ4n) is 3.38. The van der Waals surface area contributed by atoms with Gasteiger partial charge in [0.1, 0.15) is 5.69 Å². The van der Waals surface area contributed by atoms with Crippen LogP contribution in [-0.2, 0) is 29.2 Å². The maximum Gasteiger partial charge on any atom is 0.481 e. The molecule has 1 aromatic carbocycles. The van der Waals surface area contributed by atoms with Crippen molar-refractivity contribution in [2.75, 3.05) is 6.61 Å². The van der Waals surface area contributed by atoms with Crippen molar-refractivity contribution in [1.82, 2.24) is 14.3 Å². The predicted molar refractivity (Wildman–Crippen MR) is 118 cm³/mol. The van der Waals surface area contributed by atoms with E-state index >= 15 is 0 Å². The van der Waals surface area contributed by atoms with Crippen LogP contribution >= 0.6 is 15.6 Å². The van der Waals surface area contributed by atoms with E-state index in [4.69, 9.17) is 19.0 Å². The van der Waals surface area contributed by atoms with Crippen LogP contribution in [0.1, 0.15) is 11.3 Å². The smallest absolute Gasteiger partial charge is 0.481 e. The van der Waals surface area contributed by atoms with Crippen LogP contribution in [0.4, 0.5) is 0 Å². The Labute approximate surface area is 200 Å². The average Bonchev–Trinajstić information content (AvgIpc) is 3.28. The number of ether oxygens (including phenoxy) is 1. The first-order chi connectivity index (χ1) is 16.8. The van der Waals surface area contributed by atoms with Gasteiger partial charge in [-0.05, 0) is 24.6 Å². The molecule has 5 N–H and O–H groups in total. The van der Waals surface area contributed by atoms with Crippen molar-refractivity contribution in [1.29, 1.82) is 0 Å². The summed E-state index contributed by atoms with van der Waals surface area (Å²) in [5, 5.41) is 25.0. The third kappa shape index (κ3) is 5.36. The Balaban J connectivity index is 1.59. The van der Waals surface area contributed by atoms with Gasteiger partial charge in [-0.2, -0.15) is 4.31 Å². The zero-order chi connectivity index (χ0) is 26.4. The van der Waals surface area contributed by atoms with Gasteiger partial charge in [0.05, 0.1) is 13.2 Å². The Morgan fingerprint density at radius 1 is 1.17 bits per heavy atom. The highest BCUT2D eigenvalue weighted by Gasteiger charge is 2.41. The number of aromatic nitrogens is 3. The number of aliphatic hydroxyl groups excluding tert-OH is 2. The number of hydrogen-bond donors (Lipinski definition) is 5. The van der Waals surface area contributed by atoms with Gasteiger partial charge in [0.15, 0.2) is 23.6 Å². The Morgan fingerprint density at radius 3 is 2.58 bits per heavy atom. The lowest BCUT2D eigenvalue weighted by Crippen LogP contribution is -2.39. The maximum atomic E-state index is 13.1. The molecule has 3 atom stereocenters. The first-order valence-electron chi connectivity index (χ1n) is 9.95. The summed E-state index contributed by atoms with van der Waals surface area (Å²) in [6, 6.07) is 6.23. The summed E-state index contributed by atoms with van der Waals surface area (Å²) in [4.78, 5) is 52.1. The first kappa shape index (κ1) is 26.0. The van der Waals surface area contributed by atoms with Crippen LogP contribution in [0.25, 0.3) is 16.9 Å². The second-order valence-electron chi connectivity index (χ2n) is 7.65. The number of hydrogen-bond acceptors (Lipinski definition) is 11. The van der Waals surface area contributed by atoms with Crippen LogP contribution in [0.3, 0.4) is 0 Å². The lowest BCUT2D eigenvalue weighted by molar-refractivity contribution is 0.0127. The quantitative estimate of drug-likeness (QED) is 0.237. The number of benzene rings is 1. The molecule has 18 heteroatoms. The molecule has 0 fully saturated rings. The summed E-state index contributed by atoms with van der Waals surface area (Å²) in [5.41, 5.74) is -0.0630. The first-order valence-corrected chi connectivity index (χ1v) is 13.0. The highest BCUT2D eigenvalue weighted by Crippen LogP contribution is 2.57. The van der Waals surface area contributed by atoms with Crippen LogP contribution in [0.15, 0.2) is 50.3 Å². The molecular weight excluding hydrogens is 528 g/mol. The standard InChI is InChI=1S/C18H19N3O13P2/c1-9-2-3-10-11(19-33-12(10)6-9)7-21-14(22)4-5-20(18(21)25)17-16(24)15(23)13(32-17)8-31-36(29,30)34-35(26,27)28/h2-6,13,15,23-24H,7-8H2,1H3,(H,29,30)(H2,26,27,28)/t13-,15+/m1/s1. The fraction of sp³-hybridized carbons (Fsp3) is 0.278. The summed E-state index contributed by atoms with van der Waals surface area (Å²) in [5.74, 6) is -1.49. The van der Waals surface area contributed by atoms with E-state index in [0.29, 0.717) is 15.5 Å². The molecule has 0 bridgehead atoms. The van der Waals surface area contributed by atoms with Gasteiger partial charge in [0.25, 0.3) is 5.56 Å². The molecule has 1 unspecified atom stereocenters. The maximum absolute atomic E-state index is 13.1. The van der Waals surface area contributed by atoms with E-state index < -0.39 is 57.4 Å². The van der Waals surface area contributed by atoms with Gasteiger partial charge in [0, 0.05) is 17.6 Å². The van der Waals surface area contributed by atoms with E-state index in [2.05, 4.69) is 14.0 Å². The molecule has 0 amide bonds. The van der Waals surface area contributed by atoms with Gasteiger partial charge < -0.3 is 34.2 Å². The molecule has 0 saturated heterocycles. The average molecular weight is 547 g/mol. The van der Waals surface area contributed by atoms with Crippen LogP contribution in [0, 0.1) is 6.92 Å². The molecule has 1 aliphatic rings. The Morgan fingerprint density at radius 2 is 1.89 bits per heavy atom. The van der Waals surface area contributed by atoms with Crippen LogP contribution in [-0.4, -0.2) is 58.0 Å². The number of fused-ring (bicyclic) bond motifs is 1. The van der Waals surface area contributed by atoms with Gasteiger partial charge in [-0.15, -0.1) is 0 Å². The van der Waals surface area contributed by atoms with Crippen LogP contribution < -0.4 is 11.2 Å². The molecule has 1 aliphatic heterocycles. The summed E-state index contributed by atoms with van der Waals surface area (Å²) >= 11 is 0. The molecule has 194 valence electrons. The predicted octanol–water partition coefficient (Wildman–Crippen LogP) is 0.178. The summed E-state index contributed by atoms with van der Waals surface area (Å²) < 4.78 is 42.4. The Kier molecular flexibility index (Phi) is 6.81. The molecule has 3 aromatic rings. The third-order valence-corrected chi connectivity index (χ3v) is 7.18. The fourth-order valence-corrected chi connectivity index (χ4v) is 4.98. The zero-order valence-electron chi connectivity index (χ0n) is 18.2. The number of phosphoric acid groups is 2. The van der Waals surface area contributed by atoms with E-state index in [1.165, 1.54) is 0 Å². The molecule has 2 aromatic heterocycles. The monoisotopic (exact) mass is 547 g/mol. The molecule has 16 nitrogen and oxygen atoms in total. The minimum absolute atomic E-state index is 0.280. The van der Waals surface area contributed by atoms with Gasteiger partial charge >= 0.3 is 21.3 Å². The van der Waals surface area contributed by atoms with Crippen molar-refractivity contribution < 1.29 is 52.1 Å². The number of phosphoric ester groups is 1. The summed E-state index contributed by atoms with van der Waals surface area (Å²) in [6.07, 6.45) is -2.48. The molecule has 0 spiro atoms. The molecule has 0 saturated carbocycles. The second-order valence-corrected chi connectivity index (χ2v) is 10.5. The number of aryl methyl sites for hydroxylation is 1. The lowest BCUT2D eigenvalue weighted by Gasteiger charge is -2.18. The van der Waals surface area contributed by atoms with Crippen LogP contribution in [0.5, 0.6) is 0 Å². The molecule has 4 rings (SSSR count). The lowest BCUT2D eigenvalue weighted by atomic mass is 10.1. The second kappa shape index (κ2) is 9.42. The SMILES string of the molecule is Cc1ccc2c(Cn3c(=O)ccn(C4=C(O)[C@@H](O)[C@@H](COP(=O)(O)OP(=O)(O)O)O4)c3=O)noc2c1. The minimum atomic E-state index is -5.39. The Hall–Kier alpha value is -3.07. The third-order valence-electron chi connectivity index (χ3n) is 5.02. The van der Waals surface area contributed by atoms with Crippen molar-refractivity contribution in [2.45, 2.75) is 25.7 Å². The highest BCUT2D eigenvalue weighted by atomic mass is 31.3. The van der Waals surface area contributed by atoms with E-state index in [1.54, 1.807) is 18.2 Å². The molecule has 0 radical (unpaired) electrons. The van der Waals surface area contributed by atoms with Gasteiger partial charge in [-0.3, -0.25) is 13.9 Å². The number of aliphatic hydroxyl groups is 2. The van der Waals surface area contributed by atoms with Gasteiger partial charge in [0.2, 0.25) is 5.88 Å². The van der Waals surface area contributed by atoms with Crippen molar-refractivity contribution in [2.24, 2.45) is 0 Å². The van der Waals surface area contributed by atoms with Crippen molar-refractivity contribution in [3.05, 3.63) is 68.3 Å². The minimum Gasteiger partial charge on any atom is -0.505 e. The van der Waals surface area contributed by atoms with Gasteiger partial charge in [-0.1, -0.05) is 11.2 Å². The molecule has 0 aliphatic carbocycles. The van der Waals surface area contributed by atoms with E-state index in [1.807, 2.05) is 6.92 Å². The largest absolute Gasteiger partial charge is 0.505 e. The van der Waals surface area contributed by atoms with E-state index in [9.17, 15) is 33.8 Å². The van der Waals surface area contributed by atoms with E-state index in [-0.39, 0.29) is 12.2 Å². The number of rotatable bonds is 8. The van der Waals surface area contributed by atoms with Crippen molar-refractivity contribution in [3.63, 3.8) is 0 Å². The number of nitrogens with zero attached hydrogens (tertiary/aromatic N) is 3. The summed E-state index contributed by atoms with van der Waals surface area (Å²) in [6.45, 7) is 0.562. The van der Waals surface area contributed by atoms with Crippen LogP contribution in [0.2, 0.25) is 0 Å². The highest BCUT2D eigenvalue weighted by molar-refractivity contribution is 7.60. The topological polar surface area (TPSA) is 233 Å². The van der Waals surface area contributed by atoms with Crippen molar-refractivity contribution in [3.8, 4) is 0 Å². The zero-order valence-corrected chi connectivity index (χ0v) is 20.0.